The van der Waals surface area contributed by atoms with Gasteiger partial charge in [-0.05, 0) is 56.2 Å². The van der Waals surface area contributed by atoms with E-state index in [0.717, 1.165) is 42.2 Å². The Hall–Kier alpha value is -3.36. The second kappa shape index (κ2) is 9.84. The number of rotatable bonds is 8. The number of carboxylic acid groups (broad SMARTS) is 1. The second-order valence-corrected chi connectivity index (χ2v) is 8.31. The summed E-state index contributed by atoms with van der Waals surface area (Å²) in [5, 5.41) is 14.8. The minimum Gasteiger partial charge on any atom is -0.483 e. The number of aliphatic carboxylic acids is 1. The van der Waals surface area contributed by atoms with E-state index in [4.69, 9.17) is 14.3 Å². The van der Waals surface area contributed by atoms with Crippen LogP contribution < -0.4 is 21.0 Å². The summed E-state index contributed by atoms with van der Waals surface area (Å²) in [6, 6.07) is 2.55. The lowest BCUT2D eigenvalue weighted by Gasteiger charge is -2.18. The van der Waals surface area contributed by atoms with Crippen LogP contribution in [0.2, 0.25) is 0 Å². The number of hydrogen-bond acceptors (Lipinski definition) is 6. The van der Waals surface area contributed by atoms with E-state index in [0.29, 0.717) is 16.9 Å². The van der Waals surface area contributed by atoms with Gasteiger partial charge in [0.1, 0.15) is 17.4 Å². The first-order valence-electron chi connectivity index (χ1n) is 10.7. The van der Waals surface area contributed by atoms with Crippen molar-refractivity contribution in [3.63, 3.8) is 0 Å². The van der Waals surface area contributed by atoms with Gasteiger partial charge in [-0.2, -0.15) is 0 Å². The van der Waals surface area contributed by atoms with E-state index in [2.05, 4.69) is 10.6 Å². The van der Waals surface area contributed by atoms with Gasteiger partial charge in [0.05, 0.1) is 6.54 Å². The van der Waals surface area contributed by atoms with E-state index < -0.39 is 23.8 Å². The molecule has 0 saturated carbocycles. The molecule has 0 radical (unpaired) electrons. The Morgan fingerprint density at radius 3 is 2.47 bits per heavy atom. The minimum atomic E-state index is -1.14. The van der Waals surface area contributed by atoms with Crippen molar-refractivity contribution in [1.82, 2.24) is 10.6 Å². The Morgan fingerprint density at radius 2 is 1.81 bits per heavy atom. The fraction of sp³-hybridized carbons (Fsp3) is 0.478. The number of benzene rings is 1. The number of nitrogens with one attached hydrogen (secondary N) is 2. The lowest BCUT2D eigenvalue weighted by molar-refractivity contribution is -0.143. The maximum absolute atomic E-state index is 12.4. The largest absolute Gasteiger partial charge is 0.483 e. The number of amides is 2. The zero-order chi connectivity index (χ0) is 23.4. The first kappa shape index (κ1) is 23.3. The molecule has 1 aromatic carbocycles. The number of carbonyl (C=O) groups is 3. The van der Waals surface area contributed by atoms with Crippen molar-refractivity contribution in [2.75, 3.05) is 13.2 Å². The monoisotopic (exact) mass is 444 g/mol. The van der Waals surface area contributed by atoms with Gasteiger partial charge in [0, 0.05) is 16.5 Å². The molecule has 9 heteroatoms. The first-order chi connectivity index (χ1) is 15.2. The van der Waals surface area contributed by atoms with Crippen molar-refractivity contribution in [1.29, 1.82) is 0 Å². The van der Waals surface area contributed by atoms with Crippen LogP contribution in [0, 0.1) is 12.8 Å². The lowest BCUT2D eigenvalue weighted by atomic mass is 9.90. The van der Waals surface area contributed by atoms with Gasteiger partial charge in [-0.25, -0.2) is 9.59 Å². The fourth-order valence-corrected chi connectivity index (χ4v) is 3.89. The van der Waals surface area contributed by atoms with Gasteiger partial charge >= 0.3 is 11.6 Å². The molecule has 1 atom stereocenters. The van der Waals surface area contributed by atoms with E-state index in [-0.39, 0.29) is 24.7 Å². The van der Waals surface area contributed by atoms with Crippen molar-refractivity contribution in [3.05, 3.63) is 39.2 Å². The van der Waals surface area contributed by atoms with Crippen LogP contribution in [0.4, 0.5) is 0 Å². The number of carboxylic acids is 1. The third kappa shape index (κ3) is 5.09. The molecule has 9 nitrogen and oxygen atoms in total. The van der Waals surface area contributed by atoms with Crippen LogP contribution in [0.5, 0.6) is 5.75 Å². The number of fused-ring (bicyclic) bond motifs is 3. The molecule has 0 unspecified atom stereocenters. The third-order valence-corrected chi connectivity index (χ3v) is 5.64. The van der Waals surface area contributed by atoms with Crippen LogP contribution in [0.3, 0.4) is 0 Å². The molecule has 0 saturated heterocycles. The Balaban J connectivity index is 1.62. The predicted molar refractivity (Wildman–Crippen MR) is 117 cm³/mol. The SMILES string of the molecule is Cc1c(OCC(=O)NCC(=O)N[C@H](C(=O)O)C(C)C)ccc2c3c(c(=O)oc12)CCCC3. The summed E-state index contributed by atoms with van der Waals surface area (Å²) in [5.74, 6) is -2.17. The molecule has 3 rings (SSSR count). The summed E-state index contributed by atoms with van der Waals surface area (Å²) in [4.78, 5) is 47.5. The number of carbonyl (C=O) groups excluding carboxylic acids is 2. The molecule has 0 aliphatic heterocycles. The van der Waals surface area contributed by atoms with E-state index in [9.17, 15) is 19.2 Å². The molecule has 1 aromatic heterocycles. The second-order valence-electron chi connectivity index (χ2n) is 8.31. The van der Waals surface area contributed by atoms with Crippen molar-refractivity contribution >= 4 is 28.8 Å². The van der Waals surface area contributed by atoms with Gasteiger partial charge < -0.3 is 24.9 Å². The van der Waals surface area contributed by atoms with E-state index >= 15 is 0 Å². The van der Waals surface area contributed by atoms with Gasteiger partial charge in [0.2, 0.25) is 5.91 Å². The third-order valence-electron chi connectivity index (χ3n) is 5.64. The van der Waals surface area contributed by atoms with Crippen molar-refractivity contribution < 1.29 is 28.6 Å². The maximum Gasteiger partial charge on any atom is 0.339 e. The number of hydrogen-bond donors (Lipinski definition) is 3. The van der Waals surface area contributed by atoms with Gasteiger partial charge in [-0.3, -0.25) is 9.59 Å². The minimum absolute atomic E-state index is 0.294. The highest BCUT2D eigenvalue weighted by Gasteiger charge is 2.23. The highest BCUT2D eigenvalue weighted by atomic mass is 16.5. The van der Waals surface area contributed by atoms with E-state index in [1.807, 2.05) is 6.07 Å². The van der Waals surface area contributed by atoms with Crippen LogP contribution in [-0.2, 0) is 27.2 Å². The maximum atomic E-state index is 12.4. The molecule has 0 bridgehead atoms. The summed E-state index contributed by atoms with van der Waals surface area (Å²) < 4.78 is 11.1. The van der Waals surface area contributed by atoms with Gasteiger partial charge in [-0.1, -0.05) is 13.8 Å². The van der Waals surface area contributed by atoms with Crippen molar-refractivity contribution in [2.24, 2.45) is 5.92 Å². The molecule has 32 heavy (non-hydrogen) atoms. The average Bonchev–Trinajstić information content (AvgIpc) is 2.76. The first-order valence-corrected chi connectivity index (χ1v) is 10.7. The normalized spacial score (nSPS) is 14.0. The summed E-state index contributed by atoms with van der Waals surface area (Å²) in [6.07, 6.45) is 3.57. The summed E-state index contributed by atoms with van der Waals surface area (Å²) in [5.41, 5.74) is 2.54. The molecule has 0 fully saturated rings. The van der Waals surface area contributed by atoms with Gasteiger partial charge in [0.25, 0.3) is 5.91 Å². The zero-order valence-corrected chi connectivity index (χ0v) is 18.4. The summed E-state index contributed by atoms with van der Waals surface area (Å²) in [6.45, 7) is 4.40. The van der Waals surface area contributed by atoms with Crippen LogP contribution in [0.1, 0.15) is 43.4 Å². The predicted octanol–water partition coefficient (Wildman–Crippen LogP) is 1.70. The van der Waals surface area contributed by atoms with Crippen LogP contribution >= 0.6 is 0 Å². The molecular weight excluding hydrogens is 416 g/mol. The lowest BCUT2D eigenvalue weighted by Crippen LogP contribution is -2.48. The highest BCUT2D eigenvalue weighted by molar-refractivity contribution is 5.89. The molecule has 172 valence electrons. The number of aryl methyl sites for hydroxylation is 2. The summed E-state index contributed by atoms with van der Waals surface area (Å²) in [7, 11) is 0. The van der Waals surface area contributed by atoms with E-state index in [1.54, 1.807) is 26.8 Å². The Morgan fingerprint density at radius 1 is 1.12 bits per heavy atom. The molecular formula is C23H28N2O7. The van der Waals surface area contributed by atoms with Crippen LogP contribution in [-0.4, -0.2) is 42.1 Å². The van der Waals surface area contributed by atoms with Crippen molar-refractivity contribution in [2.45, 2.75) is 52.5 Å². The molecule has 2 amide bonds. The average molecular weight is 444 g/mol. The van der Waals surface area contributed by atoms with Gasteiger partial charge in [-0.15, -0.1) is 0 Å². The number of ether oxygens (including phenoxy) is 1. The standard InChI is InChI=1S/C23H28N2O7/c1-12(2)20(22(28)29)25-18(26)10-24-19(27)11-31-17-9-8-15-14-6-4-5-7-16(14)23(30)32-21(15)13(17)3/h8-9,12,20H,4-7,10-11H2,1-3H3,(H,24,27)(H,25,26)(H,28,29)/t20-/m0/s1. The van der Waals surface area contributed by atoms with Crippen LogP contribution in [0.25, 0.3) is 11.0 Å². The fourth-order valence-electron chi connectivity index (χ4n) is 3.89. The smallest absolute Gasteiger partial charge is 0.339 e. The topological polar surface area (TPSA) is 135 Å². The molecule has 1 aliphatic carbocycles. The van der Waals surface area contributed by atoms with Gasteiger partial charge in [0.15, 0.2) is 6.61 Å². The van der Waals surface area contributed by atoms with Crippen LogP contribution in [0.15, 0.2) is 21.3 Å². The quantitative estimate of drug-likeness (QED) is 0.528. The summed E-state index contributed by atoms with van der Waals surface area (Å²) >= 11 is 0. The highest BCUT2D eigenvalue weighted by Crippen LogP contribution is 2.32. The Labute approximate surface area is 185 Å². The molecule has 1 aliphatic rings. The molecule has 2 aromatic rings. The van der Waals surface area contributed by atoms with Crippen molar-refractivity contribution in [3.8, 4) is 5.75 Å². The van der Waals surface area contributed by atoms with E-state index in [1.165, 1.54) is 0 Å². The molecule has 3 N–H and O–H groups in total. The Bertz CT molecular complexity index is 1100. The Kier molecular flexibility index (Phi) is 7.17. The molecule has 1 heterocycles. The molecule has 0 spiro atoms. The zero-order valence-electron chi connectivity index (χ0n) is 18.4.